The summed E-state index contributed by atoms with van der Waals surface area (Å²) in [5.41, 5.74) is -0.413. The normalized spacial score (nSPS) is 18.4. The van der Waals surface area contributed by atoms with Gasteiger partial charge in [-0.3, -0.25) is 24.0 Å². The number of rotatable bonds is 12. The van der Waals surface area contributed by atoms with Crippen molar-refractivity contribution in [1.29, 1.82) is 0 Å². The minimum absolute atomic E-state index is 0.0292. The molecule has 1 aromatic heterocycles. The molecule has 2 atom stereocenters. The average molecular weight is 690 g/mol. The SMILES string of the molecule is O=C(O)CCC(NC(=O)c1cc(OCC(=O)N2CCCC2C(=O)NC2CCC2)n(-c2ccc(F)c(F)c2)n1)C(=O)N1CCN(C(=O)O)CC1. The Kier molecular flexibility index (Phi) is 10.9. The highest BCUT2D eigenvalue weighted by molar-refractivity contribution is 5.96. The molecule has 0 radical (unpaired) electrons. The number of hydrogen-bond donors (Lipinski definition) is 4. The van der Waals surface area contributed by atoms with E-state index in [9.17, 15) is 47.8 Å². The summed E-state index contributed by atoms with van der Waals surface area (Å²) in [4.78, 5) is 79.2. The Balaban J connectivity index is 1.33. The fourth-order valence-electron chi connectivity index (χ4n) is 5.88. The van der Waals surface area contributed by atoms with Crippen molar-refractivity contribution in [3.8, 4) is 11.6 Å². The van der Waals surface area contributed by atoms with Crippen LogP contribution in [0.5, 0.6) is 5.88 Å². The maximum absolute atomic E-state index is 14.2. The van der Waals surface area contributed by atoms with Gasteiger partial charge in [0.15, 0.2) is 23.9 Å². The number of likely N-dealkylation sites (tertiary alicyclic amines) is 1. The Hall–Kier alpha value is -5.29. The Morgan fingerprint density at radius 1 is 0.918 bits per heavy atom. The number of piperazine rings is 1. The number of aliphatic carboxylic acids is 1. The number of carboxylic acid groups (broad SMARTS) is 2. The number of aromatic nitrogens is 2. The van der Waals surface area contributed by atoms with Gasteiger partial charge in [0.25, 0.3) is 11.8 Å². The monoisotopic (exact) mass is 689 g/mol. The molecule has 5 amide bonds. The van der Waals surface area contributed by atoms with Crippen molar-refractivity contribution in [2.75, 3.05) is 39.3 Å². The van der Waals surface area contributed by atoms with Crippen LogP contribution >= 0.6 is 0 Å². The zero-order valence-electron chi connectivity index (χ0n) is 26.5. The summed E-state index contributed by atoms with van der Waals surface area (Å²) in [5, 5.41) is 28.0. The van der Waals surface area contributed by atoms with Crippen LogP contribution in [0.2, 0.25) is 0 Å². The lowest BCUT2D eigenvalue weighted by Crippen LogP contribution is -2.55. The van der Waals surface area contributed by atoms with Crippen molar-refractivity contribution in [2.45, 2.75) is 63.1 Å². The molecule has 1 aromatic carbocycles. The lowest BCUT2D eigenvalue weighted by atomic mass is 9.93. The van der Waals surface area contributed by atoms with E-state index < -0.39 is 66.5 Å². The average Bonchev–Trinajstić information content (AvgIpc) is 3.73. The van der Waals surface area contributed by atoms with E-state index >= 15 is 0 Å². The molecule has 0 spiro atoms. The second kappa shape index (κ2) is 15.3. The lowest BCUT2D eigenvalue weighted by Gasteiger charge is -2.35. The molecule has 0 bridgehead atoms. The number of amides is 5. The van der Waals surface area contributed by atoms with Gasteiger partial charge in [0, 0.05) is 57.3 Å². The number of benzene rings is 1. The topological polar surface area (TPSA) is 204 Å². The van der Waals surface area contributed by atoms with Gasteiger partial charge in [-0.1, -0.05) is 0 Å². The van der Waals surface area contributed by atoms with Crippen LogP contribution < -0.4 is 15.4 Å². The number of nitrogens with zero attached hydrogens (tertiary/aromatic N) is 5. The van der Waals surface area contributed by atoms with Gasteiger partial charge in [-0.15, -0.1) is 0 Å². The fourth-order valence-corrected chi connectivity index (χ4v) is 5.88. The summed E-state index contributed by atoms with van der Waals surface area (Å²) in [5.74, 6) is -6.10. The molecule has 1 aliphatic carbocycles. The van der Waals surface area contributed by atoms with Gasteiger partial charge in [-0.2, -0.15) is 5.10 Å². The fraction of sp³-hybridized carbons (Fsp3) is 0.516. The molecule has 264 valence electrons. The molecule has 2 aliphatic heterocycles. The molecule has 49 heavy (non-hydrogen) atoms. The molecule has 2 aromatic rings. The van der Waals surface area contributed by atoms with Crippen LogP contribution in [0, 0.1) is 11.6 Å². The van der Waals surface area contributed by atoms with Gasteiger partial charge in [-0.05, 0) is 50.7 Å². The number of carbonyl (C=O) groups is 6. The summed E-state index contributed by atoms with van der Waals surface area (Å²) in [7, 11) is 0. The summed E-state index contributed by atoms with van der Waals surface area (Å²) < 4.78 is 34.7. The Morgan fingerprint density at radius 2 is 1.63 bits per heavy atom. The van der Waals surface area contributed by atoms with Crippen LogP contribution in [-0.2, 0) is 19.2 Å². The van der Waals surface area contributed by atoms with Gasteiger partial charge < -0.3 is 40.3 Å². The third kappa shape index (κ3) is 8.42. The predicted molar refractivity (Wildman–Crippen MR) is 164 cm³/mol. The first-order valence-electron chi connectivity index (χ1n) is 16.0. The molecule has 5 rings (SSSR count). The van der Waals surface area contributed by atoms with E-state index in [4.69, 9.17) is 4.74 Å². The largest absolute Gasteiger partial charge is 0.481 e. The number of carboxylic acids is 1. The van der Waals surface area contributed by atoms with E-state index in [1.807, 2.05) is 0 Å². The van der Waals surface area contributed by atoms with Crippen molar-refractivity contribution in [3.63, 3.8) is 0 Å². The van der Waals surface area contributed by atoms with Crippen LogP contribution in [0.1, 0.15) is 55.4 Å². The minimum Gasteiger partial charge on any atom is -0.481 e. The van der Waals surface area contributed by atoms with Crippen LogP contribution in [0.3, 0.4) is 0 Å². The number of hydrogen-bond acceptors (Lipinski definition) is 8. The van der Waals surface area contributed by atoms with E-state index in [1.54, 1.807) is 0 Å². The second-order valence-electron chi connectivity index (χ2n) is 12.1. The van der Waals surface area contributed by atoms with Crippen LogP contribution in [0.15, 0.2) is 24.3 Å². The second-order valence-corrected chi connectivity index (χ2v) is 12.1. The molecular formula is C31H37F2N7O9. The molecule has 2 unspecified atom stereocenters. The van der Waals surface area contributed by atoms with Crippen molar-refractivity contribution in [2.24, 2.45) is 0 Å². The molecule has 3 heterocycles. The lowest BCUT2D eigenvalue weighted by molar-refractivity contribution is -0.140. The molecule has 3 fully saturated rings. The van der Waals surface area contributed by atoms with Gasteiger partial charge in [0.2, 0.25) is 17.7 Å². The number of ether oxygens (including phenoxy) is 1. The number of carbonyl (C=O) groups excluding carboxylic acids is 4. The van der Waals surface area contributed by atoms with Gasteiger partial charge in [0.1, 0.15) is 12.1 Å². The molecule has 18 heteroatoms. The van der Waals surface area contributed by atoms with Crippen LogP contribution in [-0.4, -0.2) is 128 Å². The quantitative estimate of drug-likeness (QED) is 0.249. The minimum atomic E-state index is -1.32. The van der Waals surface area contributed by atoms with Gasteiger partial charge >= 0.3 is 12.1 Å². The molecule has 16 nitrogen and oxygen atoms in total. The Bertz CT molecular complexity index is 1610. The first kappa shape index (κ1) is 35.0. The zero-order valence-corrected chi connectivity index (χ0v) is 26.5. The Morgan fingerprint density at radius 3 is 2.27 bits per heavy atom. The maximum atomic E-state index is 14.2. The highest BCUT2D eigenvalue weighted by Gasteiger charge is 2.36. The van der Waals surface area contributed by atoms with Crippen LogP contribution in [0.25, 0.3) is 5.69 Å². The third-order valence-electron chi connectivity index (χ3n) is 8.84. The highest BCUT2D eigenvalue weighted by atomic mass is 19.2. The molecule has 1 saturated carbocycles. The number of halogens is 2. The maximum Gasteiger partial charge on any atom is 0.407 e. The first-order chi connectivity index (χ1) is 23.4. The Labute approximate surface area is 278 Å². The van der Waals surface area contributed by atoms with E-state index in [1.165, 1.54) is 15.9 Å². The van der Waals surface area contributed by atoms with E-state index in [0.717, 1.165) is 47.0 Å². The predicted octanol–water partition coefficient (Wildman–Crippen LogP) is 0.974. The van der Waals surface area contributed by atoms with Crippen molar-refractivity contribution >= 4 is 35.7 Å². The van der Waals surface area contributed by atoms with Crippen molar-refractivity contribution in [1.82, 2.24) is 35.1 Å². The highest BCUT2D eigenvalue weighted by Crippen LogP contribution is 2.24. The number of nitrogens with one attached hydrogen (secondary N) is 2. The standard InChI is InChI=1S/C31H37F2N7O9/c32-20-7-6-19(15-21(20)33)40-26(49-17-25(41)39-10-2-5-24(39)29(45)34-18-3-1-4-18)16-23(36-40)28(44)35-22(8-9-27(42)43)30(46)37-11-13-38(14-12-37)31(47)48/h6-7,15-16,18,22,24H,1-5,8-14,17H2,(H,34,45)(H,35,44)(H,42,43)(H,47,48). The third-order valence-corrected chi connectivity index (χ3v) is 8.84. The van der Waals surface area contributed by atoms with Gasteiger partial charge in [-0.25, -0.2) is 18.3 Å². The van der Waals surface area contributed by atoms with E-state index in [2.05, 4.69) is 15.7 Å². The van der Waals surface area contributed by atoms with Gasteiger partial charge in [0.05, 0.1) is 5.69 Å². The molecule has 4 N–H and O–H groups in total. The van der Waals surface area contributed by atoms with Crippen molar-refractivity contribution in [3.05, 3.63) is 41.6 Å². The molecule has 2 saturated heterocycles. The van der Waals surface area contributed by atoms with Crippen molar-refractivity contribution < 1.29 is 52.5 Å². The zero-order chi connectivity index (χ0) is 35.2. The molecule has 3 aliphatic rings. The van der Waals surface area contributed by atoms with Crippen LogP contribution in [0.4, 0.5) is 13.6 Å². The first-order valence-corrected chi connectivity index (χ1v) is 16.0. The summed E-state index contributed by atoms with van der Waals surface area (Å²) in [6, 6.07) is 2.03. The van der Waals surface area contributed by atoms with E-state index in [-0.39, 0.29) is 61.8 Å². The summed E-state index contributed by atoms with van der Waals surface area (Å²) >= 11 is 0. The summed E-state index contributed by atoms with van der Waals surface area (Å²) in [6.45, 7) is -0.128. The smallest absolute Gasteiger partial charge is 0.407 e. The molecular weight excluding hydrogens is 652 g/mol. The van der Waals surface area contributed by atoms with E-state index in [0.29, 0.717) is 19.4 Å². The summed E-state index contributed by atoms with van der Waals surface area (Å²) in [6.07, 6.45) is 2.00.